The second-order valence-electron chi connectivity index (χ2n) is 12.1. The van der Waals surface area contributed by atoms with Crippen molar-refractivity contribution in [3.05, 3.63) is 108 Å². The van der Waals surface area contributed by atoms with Gasteiger partial charge in [-0.15, -0.1) is 5.10 Å². The van der Waals surface area contributed by atoms with Gasteiger partial charge in [-0.05, 0) is 62.2 Å². The summed E-state index contributed by atoms with van der Waals surface area (Å²) in [6.45, 7) is 8.52. The lowest BCUT2D eigenvalue weighted by Crippen LogP contribution is -2.50. The Morgan fingerprint density at radius 1 is 0.787 bits per heavy atom. The van der Waals surface area contributed by atoms with E-state index in [2.05, 4.69) is 20.5 Å². The van der Waals surface area contributed by atoms with Crippen molar-refractivity contribution in [2.45, 2.75) is 39.6 Å². The highest BCUT2D eigenvalue weighted by Gasteiger charge is 2.28. The summed E-state index contributed by atoms with van der Waals surface area (Å²) in [4.78, 5) is 20.7. The first kappa shape index (κ1) is 31.4. The van der Waals surface area contributed by atoms with E-state index in [1.54, 1.807) is 4.90 Å². The first-order valence-corrected chi connectivity index (χ1v) is 15.6. The Morgan fingerprint density at radius 3 is 2.06 bits per heavy atom. The normalized spacial score (nSPS) is 13.3. The van der Waals surface area contributed by atoms with Gasteiger partial charge in [0.2, 0.25) is 17.7 Å². The van der Waals surface area contributed by atoms with Crippen LogP contribution in [0.25, 0.3) is 11.5 Å². The molecule has 3 heterocycles. The summed E-state index contributed by atoms with van der Waals surface area (Å²) in [5.74, 6) is 1.31. The number of hydrogen-bond donors (Lipinski definition) is 1. The van der Waals surface area contributed by atoms with Gasteiger partial charge >= 0.3 is 12.1 Å². The predicted molar refractivity (Wildman–Crippen MR) is 179 cm³/mol. The van der Waals surface area contributed by atoms with Crippen molar-refractivity contribution < 1.29 is 23.4 Å². The molecule has 6 rings (SSSR count). The Kier molecular flexibility index (Phi) is 9.51. The SMILES string of the molecule is CC(C)(C)OC(=O)N1CCN(c2nnc(-c3ccc(Nc4ccc(OCc5ccccc5)nc4OCc4ccccc4)cc3)o2)CC1. The van der Waals surface area contributed by atoms with Crippen molar-refractivity contribution in [1.29, 1.82) is 0 Å². The Bertz CT molecular complexity index is 1750. The van der Waals surface area contributed by atoms with E-state index in [0.29, 0.717) is 68.7 Å². The second kappa shape index (κ2) is 14.2. The van der Waals surface area contributed by atoms with Crippen molar-refractivity contribution in [3.8, 4) is 23.2 Å². The Labute approximate surface area is 274 Å². The zero-order valence-electron chi connectivity index (χ0n) is 26.8. The fourth-order valence-electron chi connectivity index (χ4n) is 4.88. The maximum atomic E-state index is 12.4. The fourth-order valence-corrected chi connectivity index (χ4v) is 4.88. The van der Waals surface area contributed by atoms with Crippen LogP contribution in [-0.4, -0.2) is 58.0 Å². The van der Waals surface area contributed by atoms with Crippen LogP contribution in [0, 0.1) is 0 Å². The van der Waals surface area contributed by atoms with Gasteiger partial charge in [-0.25, -0.2) is 4.79 Å². The summed E-state index contributed by atoms with van der Waals surface area (Å²) in [6, 6.07) is 31.7. The molecule has 11 nitrogen and oxygen atoms in total. The molecule has 1 N–H and O–H groups in total. The number of nitrogens with zero attached hydrogens (tertiary/aromatic N) is 5. The number of pyridine rings is 1. The molecule has 47 heavy (non-hydrogen) atoms. The van der Waals surface area contributed by atoms with Crippen LogP contribution >= 0.6 is 0 Å². The van der Waals surface area contributed by atoms with Crippen LogP contribution in [0.2, 0.25) is 0 Å². The standard InChI is InChI=1S/C36H38N6O5/c1-36(2,3)47-35(43)42-22-20-41(21-23-42)34-40-39-32(46-34)28-14-16-29(17-15-28)37-30-18-19-31(44-24-26-10-6-4-7-11-26)38-33(30)45-25-27-12-8-5-9-13-27/h4-19,37H,20-25H2,1-3H3. The molecule has 1 amide bonds. The van der Waals surface area contributed by atoms with Crippen molar-refractivity contribution in [2.75, 3.05) is 36.4 Å². The average molecular weight is 635 g/mol. The number of carbonyl (C=O) groups excluding carboxylic acids is 1. The molecule has 0 atom stereocenters. The van der Waals surface area contributed by atoms with Gasteiger partial charge in [-0.2, -0.15) is 4.98 Å². The second-order valence-corrected chi connectivity index (χ2v) is 12.1. The molecule has 0 radical (unpaired) electrons. The summed E-state index contributed by atoms with van der Waals surface area (Å²) in [5, 5.41) is 11.9. The molecule has 3 aromatic carbocycles. The maximum Gasteiger partial charge on any atom is 0.410 e. The first-order chi connectivity index (χ1) is 22.8. The molecule has 0 saturated carbocycles. The highest BCUT2D eigenvalue weighted by Crippen LogP contribution is 2.31. The largest absolute Gasteiger partial charge is 0.473 e. The van der Waals surface area contributed by atoms with E-state index in [4.69, 9.17) is 18.6 Å². The van der Waals surface area contributed by atoms with Crippen LogP contribution in [0.1, 0.15) is 31.9 Å². The molecule has 1 aliphatic heterocycles. The zero-order valence-corrected chi connectivity index (χ0v) is 26.8. The van der Waals surface area contributed by atoms with E-state index in [0.717, 1.165) is 22.4 Å². The molecular weight excluding hydrogens is 596 g/mol. The smallest absolute Gasteiger partial charge is 0.410 e. The Morgan fingerprint density at radius 2 is 1.43 bits per heavy atom. The summed E-state index contributed by atoms with van der Waals surface area (Å²) < 4.78 is 23.6. The van der Waals surface area contributed by atoms with Crippen LogP contribution in [0.4, 0.5) is 22.2 Å². The lowest BCUT2D eigenvalue weighted by atomic mass is 10.2. The molecule has 1 fully saturated rings. The minimum Gasteiger partial charge on any atom is -0.473 e. The Balaban J connectivity index is 1.10. The van der Waals surface area contributed by atoms with E-state index >= 15 is 0 Å². The van der Waals surface area contributed by atoms with Crippen molar-refractivity contribution in [2.24, 2.45) is 0 Å². The van der Waals surface area contributed by atoms with Gasteiger partial charge in [0.15, 0.2) is 0 Å². The van der Waals surface area contributed by atoms with Crippen LogP contribution in [0.5, 0.6) is 11.8 Å². The molecule has 242 valence electrons. The Hall–Kier alpha value is -5.58. The monoisotopic (exact) mass is 634 g/mol. The molecule has 11 heteroatoms. The van der Waals surface area contributed by atoms with Gasteiger partial charge in [0, 0.05) is 43.5 Å². The molecule has 2 aromatic heterocycles. The first-order valence-electron chi connectivity index (χ1n) is 15.6. The van der Waals surface area contributed by atoms with E-state index < -0.39 is 5.60 Å². The van der Waals surface area contributed by atoms with Gasteiger partial charge < -0.3 is 33.7 Å². The highest BCUT2D eigenvalue weighted by molar-refractivity contribution is 5.69. The molecule has 0 spiro atoms. The number of ether oxygens (including phenoxy) is 3. The van der Waals surface area contributed by atoms with E-state index in [9.17, 15) is 4.79 Å². The number of nitrogens with one attached hydrogen (secondary N) is 1. The number of piperazine rings is 1. The number of carbonyl (C=O) groups is 1. The molecule has 0 aliphatic carbocycles. The van der Waals surface area contributed by atoms with Crippen LogP contribution < -0.4 is 19.7 Å². The predicted octanol–water partition coefficient (Wildman–Crippen LogP) is 7.09. The molecule has 5 aromatic rings. The summed E-state index contributed by atoms with van der Waals surface area (Å²) in [6.07, 6.45) is -0.310. The van der Waals surface area contributed by atoms with Gasteiger partial charge in [0.1, 0.15) is 24.5 Å². The lowest BCUT2D eigenvalue weighted by molar-refractivity contribution is 0.0239. The fraction of sp³-hybridized carbons (Fsp3) is 0.278. The quantitative estimate of drug-likeness (QED) is 0.171. The highest BCUT2D eigenvalue weighted by atomic mass is 16.6. The molecule has 0 unspecified atom stereocenters. The molecule has 0 bridgehead atoms. The maximum absolute atomic E-state index is 12.4. The third-order valence-corrected chi connectivity index (χ3v) is 7.31. The summed E-state index contributed by atoms with van der Waals surface area (Å²) in [7, 11) is 0. The van der Waals surface area contributed by atoms with Gasteiger partial charge in [0.25, 0.3) is 0 Å². The van der Waals surface area contributed by atoms with Crippen LogP contribution in [0.15, 0.2) is 101 Å². The number of amides is 1. The molecule has 1 aliphatic rings. The van der Waals surface area contributed by atoms with Crippen molar-refractivity contribution >= 4 is 23.5 Å². The van der Waals surface area contributed by atoms with E-state index in [1.165, 1.54) is 0 Å². The van der Waals surface area contributed by atoms with E-state index in [-0.39, 0.29) is 6.09 Å². The van der Waals surface area contributed by atoms with Crippen molar-refractivity contribution in [3.63, 3.8) is 0 Å². The number of rotatable bonds is 10. The number of aromatic nitrogens is 3. The number of anilines is 3. The summed E-state index contributed by atoms with van der Waals surface area (Å²) in [5.41, 5.74) is 3.87. The summed E-state index contributed by atoms with van der Waals surface area (Å²) >= 11 is 0. The number of hydrogen-bond acceptors (Lipinski definition) is 10. The third kappa shape index (κ3) is 8.57. The lowest BCUT2D eigenvalue weighted by Gasteiger charge is -2.34. The molecule has 1 saturated heterocycles. The van der Waals surface area contributed by atoms with Crippen molar-refractivity contribution in [1.82, 2.24) is 20.1 Å². The minimum atomic E-state index is -0.530. The zero-order chi connectivity index (χ0) is 32.6. The topological polar surface area (TPSA) is 115 Å². The van der Waals surface area contributed by atoms with E-state index in [1.807, 2.05) is 123 Å². The van der Waals surface area contributed by atoms with Gasteiger partial charge in [-0.1, -0.05) is 65.8 Å². The van der Waals surface area contributed by atoms with Crippen LogP contribution in [0.3, 0.4) is 0 Å². The van der Waals surface area contributed by atoms with Crippen LogP contribution in [-0.2, 0) is 18.0 Å². The number of benzene rings is 3. The van der Waals surface area contributed by atoms with Gasteiger partial charge in [0.05, 0.1) is 0 Å². The van der Waals surface area contributed by atoms with Gasteiger partial charge in [-0.3, -0.25) is 0 Å². The third-order valence-electron chi connectivity index (χ3n) is 7.31. The average Bonchev–Trinajstić information content (AvgIpc) is 3.58. The molecular formula is C36H38N6O5. The minimum absolute atomic E-state index is 0.310.